The molecule has 4 heterocycles. The van der Waals surface area contributed by atoms with Crippen LogP contribution in [0.4, 0.5) is 0 Å². The van der Waals surface area contributed by atoms with Gasteiger partial charge in [-0.25, -0.2) is 4.98 Å². The van der Waals surface area contributed by atoms with Gasteiger partial charge in [0.05, 0.1) is 5.58 Å². The number of pyridine rings is 3. The van der Waals surface area contributed by atoms with Gasteiger partial charge in [-0.3, -0.25) is 0 Å². The number of hydrogen-bond acceptors (Lipinski definition) is 4. The summed E-state index contributed by atoms with van der Waals surface area (Å²) in [6, 6.07) is 27.1. The molecule has 8 rings (SSSR count). The number of nitrogens with zero attached hydrogens (tertiary/aromatic N) is 3. The van der Waals surface area contributed by atoms with Crippen molar-refractivity contribution in [2.75, 3.05) is 0 Å². The van der Waals surface area contributed by atoms with E-state index in [2.05, 4.69) is 40.9 Å². The van der Waals surface area contributed by atoms with Crippen molar-refractivity contribution in [1.29, 1.82) is 0 Å². The third-order valence-corrected chi connectivity index (χ3v) is 9.76. The first-order valence-electron chi connectivity index (χ1n) is 25.6. The fraction of sp³-hybridized carbons (Fsp3) is 0.340. The predicted octanol–water partition coefficient (Wildman–Crippen LogP) is 13.6. The molecule has 1 aliphatic carbocycles. The third-order valence-electron chi connectivity index (χ3n) is 9.76. The Labute approximate surface area is 362 Å². The van der Waals surface area contributed by atoms with Gasteiger partial charge in [-0.1, -0.05) is 88.8 Å². The number of fused-ring (bicyclic) bond motifs is 3. The van der Waals surface area contributed by atoms with E-state index in [0.29, 0.717) is 57.1 Å². The van der Waals surface area contributed by atoms with E-state index in [-0.39, 0.29) is 70.4 Å². The largest absolute Gasteiger partial charge is 0.486 e. The average molecular weight is 919 g/mol. The molecule has 0 bridgehead atoms. The molecule has 0 spiro atoms. The average Bonchev–Trinajstić information content (AvgIpc) is 3.64. The molecule has 0 N–H and O–H groups in total. The summed E-state index contributed by atoms with van der Waals surface area (Å²) in [4.78, 5) is 13.0. The fourth-order valence-corrected chi connectivity index (χ4v) is 6.79. The predicted molar refractivity (Wildman–Crippen MR) is 225 cm³/mol. The van der Waals surface area contributed by atoms with Crippen molar-refractivity contribution < 1.29 is 45.1 Å². The van der Waals surface area contributed by atoms with Crippen LogP contribution in [0.5, 0.6) is 0 Å². The Balaban J connectivity index is 0.000000282. The number of hydrogen-bond donors (Lipinski definition) is 0. The maximum absolute atomic E-state index is 9.24. The van der Waals surface area contributed by atoms with Gasteiger partial charge in [0.15, 0.2) is 0 Å². The quantitative estimate of drug-likeness (QED) is 0.161. The molecule has 0 amide bonds. The Hall–Kier alpha value is -4.44. The molecular formula is C50H53IrN3O-2. The van der Waals surface area contributed by atoms with E-state index in [4.69, 9.17) is 23.6 Å². The molecule has 285 valence electrons. The van der Waals surface area contributed by atoms with Gasteiger partial charge in [-0.05, 0) is 126 Å². The second-order valence-corrected chi connectivity index (χ2v) is 15.7. The van der Waals surface area contributed by atoms with Gasteiger partial charge in [0.25, 0.3) is 0 Å². The Bertz CT molecular complexity index is 2990. The summed E-state index contributed by atoms with van der Waals surface area (Å²) in [7, 11) is 0. The van der Waals surface area contributed by atoms with Crippen LogP contribution in [0.25, 0.3) is 55.7 Å². The van der Waals surface area contributed by atoms with Crippen LogP contribution in [0, 0.1) is 50.4 Å². The first-order valence-corrected chi connectivity index (χ1v) is 18.1. The summed E-state index contributed by atoms with van der Waals surface area (Å²) in [5.74, 6) is -0.941. The topological polar surface area (TPSA) is 51.8 Å². The Kier molecular flexibility index (Phi) is 7.41. The summed E-state index contributed by atoms with van der Waals surface area (Å²) in [6.45, 7) is 0.128. The number of benzene rings is 3. The second-order valence-electron chi connectivity index (χ2n) is 15.7. The van der Waals surface area contributed by atoms with Crippen molar-refractivity contribution >= 4 is 22.1 Å². The summed E-state index contributed by atoms with van der Waals surface area (Å²) in [6.07, 6.45) is 4.15. The van der Waals surface area contributed by atoms with Crippen molar-refractivity contribution in [1.82, 2.24) is 15.0 Å². The van der Waals surface area contributed by atoms with Gasteiger partial charge in [0.2, 0.25) is 5.71 Å². The number of aryl methyl sites for hydroxylation is 4. The third kappa shape index (κ3) is 9.34. The molecule has 5 heteroatoms. The molecule has 0 aliphatic heterocycles. The van der Waals surface area contributed by atoms with Crippen LogP contribution < -0.4 is 0 Å². The van der Waals surface area contributed by atoms with Crippen LogP contribution in [-0.4, -0.2) is 15.0 Å². The minimum Gasteiger partial charge on any atom is -0.486 e. The second kappa shape index (κ2) is 16.3. The summed E-state index contributed by atoms with van der Waals surface area (Å²) >= 11 is 0. The van der Waals surface area contributed by atoms with E-state index < -0.39 is 45.1 Å². The number of furan rings is 1. The van der Waals surface area contributed by atoms with Crippen LogP contribution in [0.15, 0.2) is 95.7 Å². The van der Waals surface area contributed by atoms with Gasteiger partial charge >= 0.3 is 0 Å². The molecule has 1 saturated carbocycles. The van der Waals surface area contributed by atoms with E-state index in [1.165, 1.54) is 30.6 Å². The van der Waals surface area contributed by atoms with Gasteiger partial charge < -0.3 is 14.4 Å². The van der Waals surface area contributed by atoms with Crippen LogP contribution in [-0.2, 0) is 26.5 Å². The van der Waals surface area contributed by atoms with E-state index in [9.17, 15) is 1.37 Å². The molecule has 4 aromatic heterocycles. The maximum atomic E-state index is 9.24. The van der Waals surface area contributed by atoms with Gasteiger partial charge in [-0.15, -0.1) is 53.6 Å². The Morgan fingerprint density at radius 1 is 0.836 bits per heavy atom. The maximum Gasteiger partial charge on any atom is 0.216 e. The minimum absolute atomic E-state index is 0. The van der Waals surface area contributed by atoms with E-state index in [1.54, 1.807) is 60.7 Å². The van der Waals surface area contributed by atoms with Crippen molar-refractivity contribution in [3.05, 3.63) is 137 Å². The smallest absolute Gasteiger partial charge is 0.216 e. The molecule has 55 heavy (non-hydrogen) atoms. The number of rotatable bonds is 5. The SMILES string of the molecule is [2H]C([2H])([2H])c1c[c-]c(-c2ccc(C([2H])([2H])C(C)(C)C)cn2)cc1.[2H]C([2H])([2H])c1ccc2c(n1)oc1c(-c3cc(-c4ccc(C5([2H])CCC(C)(C)CC5)cc4C([2H])([2H])[2H])c(C([2H])([2H])[2H])cn3)[c-]ccc12.[Ir]. The molecule has 1 fully saturated rings. The van der Waals surface area contributed by atoms with Crippen LogP contribution in [0.2, 0.25) is 0 Å². The monoisotopic (exact) mass is 919 g/mol. The molecule has 1 radical (unpaired) electrons. The Morgan fingerprint density at radius 3 is 2.35 bits per heavy atom. The zero-order chi connectivity index (χ0) is 50.9. The normalized spacial score (nSPS) is 20.1. The summed E-state index contributed by atoms with van der Waals surface area (Å²) < 4.78 is 127. The van der Waals surface area contributed by atoms with Crippen molar-refractivity contribution in [3.8, 4) is 33.6 Å². The van der Waals surface area contributed by atoms with Crippen molar-refractivity contribution in [2.24, 2.45) is 10.8 Å². The van der Waals surface area contributed by atoms with Crippen molar-refractivity contribution in [3.63, 3.8) is 0 Å². The summed E-state index contributed by atoms with van der Waals surface area (Å²) in [5.41, 5.74) is 3.52. The zero-order valence-electron chi connectivity index (χ0n) is 46.6. The van der Waals surface area contributed by atoms with Crippen molar-refractivity contribution in [2.45, 2.75) is 100.0 Å². The zero-order valence-corrected chi connectivity index (χ0v) is 34.0. The van der Waals surface area contributed by atoms with E-state index in [0.717, 1.165) is 12.8 Å². The molecule has 4 nitrogen and oxygen atoms in total. The van der Waals surface area contributed by atoms with Crippen LogP contribution in [0.3, 0.4) is 0 Å². The standard InChI is InChI=1S/C33H33N2O.C17H20N.Ir/c1-20-17-24(23-13-15-33(4,5)16-14-23)10-12-25(20)29-18-30(34-19-21(29)2)28-8-6-7-26-27-11-9-22(3)35-32(27)36-31(26)28;1-13-5-8-15(9-6-13)16-10-7-14(12-18-16)11-17(2,3)4;/h6-7,9-12,17-19,23H,13-16H2,1-5H3;5-8,10,12H,11H2,1-4H3;/q2*-1;/i1D3,2D3,3D3,23D;1D3,11D2;. The molecule has 3 aromatic carbocycles. The molecule has 7 aromatic rings. The van der Waals surface area contributed by atoms with Gasteiger partial charge in [0.1, 0.15) is 0 Å². The van der Waals surface area contributed by atoms with Gasteiger partial charge in [-0.2, -0.15) is 0 Å². The summed E-state index contributed by atoms with van der Waals surface area (Å²) in [5, 5.41) is 1.23. The van der Waals surface area contributed by atoms with E-state index in [1.807, 2.05) is 20.8 Å². The molecule has 1 aliphatic rings. The molecular weight excluding hydrogens is 851 g/mol. The fourth-order valence-electron chi connectivity index (χ4n) is 6.79. The van der Waals surface area contributed by atoms with Crippen LogP contribution in [0.1, 0.15) is 120 Å². The molecule has 0 saturated heterocycles. The number of aromatic nitrogens is 3. The minimum atomic E-state index is -2.61. The first-order chi connectivity index (χ1) is 31.7. The van der Waals surface area contributed by atoms with Gasteiger partial charge in [0, 0.05) is 64.1 Å². The van der Waals surface area contributed by atoms with E-state index >= 15 is 0 Å². The Morgan fingerprint density at radius 2 is 1.65 bits per heavy atom. The molecule has 0 unspecified atom stereocenters. The molecule has 0 atom stereocenters. The van der Waals surface area contributed by atoms with Crippen LogP contribution >= 0.6 is 0 Å². The first kappa shape index (κ1) is 24.9.